The predicted molar refractivity (Wildman–Crippen MR) is 69.5 cm³/mol. The maximum Gasteiger partial charge on any atom is 0.251 e. The van der Waals surface area contributed by atoms with Gasteiger partial charge in [-0.15, -0.1) is 0 Å². The lowest BCUT2D eigenvalue weighted by Gasteiger charge is -2.11. The van der Waals surface area contributed by atoms with Crippen LogP contribution in [0.5, 0.6) is 0 Å². The number of carbonyl (C=O) groups is 1. The lowest BCUT2D eigenvalue weighted by molar-refractivity contribution is 0.0901. The number of amides is 1. The Morgan fingerprint density at radius 3 is 2.89 bits per heavy atom. The predicted octanol–water partition coefficient (Wildman–Crippen LogP) is 1.68. The highest BCUT2D eigenvalue weighted by molar-refractivity contribution is 5.94. The first-order valence-corrected chi connectivity index (χ1v) is 6.82. The second-order valence-corrected chi connectivity index (χ2v) is 5.45. The third kappa shape index (κ3) is 2.41. The number of benzene rings is 1. The number of rotatable bonds is 4. The Kier molecular flexibility index (Phi) is 3.08. The molecular formula is C15H19NO2. The number of aliphatic hydroxyl groups excluding tert-OH is 1. The van der Waals surface area contributed by atoms with E-state index in [0.29, 0.717) is 12.5 Å². The highest BCUT2D eigenvalue weighted by Gasteiger charge is 2.29. The van der Waals surface area contributed by atoms with E-state index in [1.807, 2.05) is 12.1 Å². The second-order valence-electron chi connectivity index (χ2n) is 5.45. The maximum atomic E-state index is 12.0. The van der Waals surface area contributed by atoms with Crippen LogP contribution in [0, 0.1) is 5.92 Å². The van der Waals surface area contributed by atoms with Gasteiger partial charge in [0.05, 0.1) is 6.10 Å². The highest BCUT2D eigenvalue weighted by Crippen LogP contribution is 2.32. The van der Waals surface area contributed by atoms with E-state index in [-0.39, 0.29) is 12.0 Å². The first kappa shape index (κ1) is 11.7. The van der Waals surface area contributed by atoms with Gasteiger partial charge in [0.15, 0.2) is 0 Å². The van der Waals surface area contributed by atoms with E-state index in [4.69, 9.17) is 0 Å². The zero-order valence-corrected chi connectivity index (χ0v) is 10.5. The summed E-state index contributed by atoms with van der Waals surface area (Å²) in [4.78, 5) is 12.0. The summed E-state index contributed by atoms with van der Waals surface area (Å²) in [7, 11) is 0. The van der Waals surface area contributed by atoms with Crippen LogP contribution < -0.4 is 5.32 Å². The molecule has 3 nitrogen and oxygen atoms in total. The molecule has 96 valence electrons. The zero-order valence-electron chi connectivity index (χ0n) is 10.5. The third-order valence-corrected chi connectivity index (χ3v) is 4.00. The van der Waals surface area contributed by atoms with Crippen molar-refractivity contribution >= 4 is 5.91 Å². The molecule has 0 bridgehead atoms. The van der Waals surface area contributed by atoms with Crippen molar-refractivity contribution < 1.29 is 9.90 Å². The Bertz CT molecular complexity index is 466. The molecule has 3 heteroatoms. The largest absolute Gasteiger partial charge is 0.391 e. The van der Waals surface area contributed by atoms with Crippen molar-refractivity contribution in [1.29, 1.82) is 0 Å². The molecule has 1 aromatic carbocycles. The van der Waals surface area contributed by atoms with E-state index >= 15 is 0 Å². The fraction of sp³-hybridized carbons (Fsp3) is 0.533. The summed E-state index contributed by atoms with van der Waals surface area (Å²) in [6.07, 6.45) is 5.23. The lowest BCUT2D eigenvalue weighted by atomic mass is 10.1. The molecule has 1 saturated carbocycles. The Labute approximate surface area is 107 Å². The molecule has 0 spiro atoms. The van der Waals surface area contributed by atoms with Crippen molar-refractivity contribution in [2.24, 2.45) is 5.92 Å². The fourth-order valence-corrected chi connectivity index (χ4v) is 2.66. The Hall–Kier alpha value is -1.35. The molecule has 0 aliphatic heterocycles. The summed E-state index contributed by atoms with van der Waals surface area (Å²) >= 11 is 0. The molecule has 1 amide bonds. The van der Waals surface area contributed by atoms with E-state index in [0.717, 1.165) is 31.2 Å². The molecular weight excluding hydrogens is 226 g/mol. The monoisotopic (exact) mass is 245 g/mol. The molecule has 3 rings (SSSR count). The standard InChI is InChI=1S/C15H19NO2/c17-14(11-5-6-11)9-16-15(18)13-7-4-10-2-1-3-12(10)8-13/h4,7-8,11,14,17H,1-3,5-6,9H2,(H,16,18). The average molecular weight is 245 g/mol. The topological polar surface area (TPSA) is 49.3 Å². The van der Waals surface area contributed by atoms with Crippen molar-refractivity contribution in [3.8, 4) is 0 Å². The number of hydrogen-bond donors (Lipinski definition) is 2. The van der Waals surface area contributed by atoms with Crippen LogP contribution in [0.3, 0.4) is 0 Å². The van der Waals surface area contributed by atoms with Crippen molar-refractivity contribution in [2.75, 3.05) is 6.54 Å². The summed E-state index contributed by atoms with van der Waals surface area (Å²) in [5.74, 6) is 0.342. The number of nitrogens with one attached hydrogen (secondary N) is 1. The van der Waals surface area contributed by atoms with Crippen molar-refractivity contribution in [3.63, 3.8) is 0 Å². The average Bonchev–Trinajstić information content (AvgIpc) is 3.13. The van der Waals surface area contributed by atoms with Gasteiger partial charge >= 0.3 is 0 Å². The summed E-state index contributed by atoms with van der Waals surface area (Å²) in [6.45, 7) is 0.376. The molecule has 1 aromatic rings. The molecule has 1 fully saturated rings. The van der Waals surface area contributed by atoms with Crippen LogP contribution >= 0.6 is 0 Å². The van der Waals surface area contributed by atoms with Crippen LogP contribution in [0.15, 0.2) is 18.2 Å². The quantitative estimate of drug-likeness (QED) is 0.848. The van der Waals surface area contributed by atoms with E-state index < -0.39 is 0 Å². The second kappa shape index (κ2) is 4.73. The smallest absolute Gasteiger partial charge is 0.251 e. The Morgan fingerprint density at radius 1 is 1.33 bits per heavy atom. The van der Waals surface area contributed by atoms with Gasteiger partial charge in [0.25, 0.3) is 5.91 Å². The normalized spacial score (nSPS) is 19.4. The molecule has 0 saturated heterocycles. The van der Waals surface area contributed by atoms with Gasteiger partial charge in [-0.3, -0.25) is 4.79 Å². The fourth-order valence-electron chi connectivity index (χ4n) is 2.66. The molecule has 1 unspecified atom stereocenters. The Morgan fingerprint density at radius 2 is 2.11 bits per heavy atom. The minimum absolute atomic E-state index is 0.0654. The van der Waals surface area contributed by atoms with Gasteiger partial charge in [0.2, 0.25) is 0 Å². The van der Waals surface area contributed by atoms with Gasteiger partial charge < -0.3 is 10.4 Å². The van der Waals surface area contributed by atoms with Gasteiger partial charge in [-0.1, -0.05) is 6.07 Å². The summed E-state index contributed by atoms with van der Waals surface area (Å²) < 4.78 is 0. The van der Waals surface area contributed by atoms with E-state index in [1.165, 1.54) is 17.5 Å². The first-order chi connectivity index (χ1) is 8.74. The maximum absolute atomic E-state index is 12.0. The highest BCUT2D eigenvalue weighted by atomic mass is 16.3. The molecule has 18 heavy (non-hydrogen) atoms. The van der Waals surface area contributed by atoms with Gasteiger partial charge in [-0.05, 0) is 61.3 Å². The van der Waals surface area contributed by atoms with Crippen molar-refractivity contribution in [1.82, 2.24) is 5.32 Å². The third-order valence-electron chi connectivity index (χ3n) is 4.00. The summed E-state index contributed by atoms with van der Waals surface area (Å²) in [5, 5.41) is 12.5. The minimum Gasteiger partial charge on any atom is -0.391 e. The first-order valence-electron chi connectivity index (χ1n) is 6.82. The SMILES string of the molecule is O=C(NCC(O)C1CC1)c1ccc2c(c1)CCC2. The van der Waals surface area contributed by atoms with Crippen LogP contribution in [0.1, 0.15) is 40.7 Å². The zero-order chi connectivity index (χ0) is 12.5. The van der Waals surface area contributed by atoms with Crippen LogP contribution in [-0.2, 0) is 12.8 Å². The van der Waals surface area contributed by atoms with E-state index in [2.05, 4.69) is 11.4 Å². The van der Waals surface area contributed by atoms with Crippen molar-refractivity contribution in [3.05, 3.63) is 34.9 Å². The van der Waals surface area contributed by atoms with E-state index in [9.17, 15) is 9.90 Å². The molecule has 2 aliphatic rings. The summed E-state index contributed by atoms with van der Waals surface area (Å²) in [5.41, 5.74) is 3.41. The Balaban J connectivity index is 1.61. The molecule has 1 atom stereocenters. The molecule has 0 radical (unpaired) electrons. The van der Waals surface area contributed by atoms with Gasteiger partial charge in [-0.25, -0.2) is 0 Å². The number of fused-ring (bicyclic) bond motifs is 1. The van der Waals surface area contributed by atoms with Gasteiger partial charge in [0, 0.05) is 12.1 Å². The van der Waals surface area contributed by atoms with Crippen LogP contribution in [0.2, 0.25) is 0 Å². The molecule has 0 heterocycles. The number of hydrogen-bond acceptors (Lipinski definition) is 2. The minimum atomic E-state index is -0.372. The molecule has 2 aliphatic carbocycles. The van der Waals surface area contributed by atoms with Crippen molar-refractivity contribution in [2.45, 2.75) is 38.2 Å². The number of aryl methyl sites for hydroxylation is 2. The van der Waals surface area contributed by atoms with Crippen LogP contribution in [-0.4, -0.2) is 23.7 Å². The van der Waals surface area contributed by atoms with Crippen LogP contribution in [0.4, 0.5) is 0 Å². The van der Waals surface area contributed by atoms with Gasteiger partial charge in [0.1, 0.15) is 0 Å². The number of aliphatic hydroxyl groups is 1. The lowest BCUT2D eigenvalue weighted by Crippen LogP contribution is -2.33. The summed E-state index contributed by atoms with van der Waals surface area (Å²) in [6, 6.07) is 5.96. The van der Waals surface area contributed by atoms with Crippen LogP contribution in [0.25, 0.3) is 0 Å². The molecule has 2 N–H and O–H groups in total. The van der Waals surface area contributed by atoms with Gasteiger partial charge in [-0.2, -0.15) is 0 Å². The number of carbonyl (C=O) groups excluding carboxylic acids is 1. The molecule has 0 aromatic heterocycles. The van der Waals surface area contributed by atoms with E-state index in [1.54, 1.807) is 0 Å².